The molecule has 0 aliphatic heterocycles. The van der Waals surface area contributed by atoms with Gasteiger partial charge in [-0.2, -0.15) is 0 Å². The molecule has 152 valence electrons. The topological polar surface area (TPSA) is 52.6 Å². The highest BCUT2D eigenvalue weighted by Crippen LogP contribution is 2.20. The maximum Gasteiger partial charge on any atom is 0.344 e. The fourth-order valence-corrected chi connectivity index (χ4v) is 2.96. The van der Waals surface area contributed by atoms with Crippen molar-refractivity contribution in [1.29, 1.82) is 0 Å². The van der Waals surface area contributed by atoms with Gasteiger partial charge in [0.25, 0.3) is 0 Å². The number of benzene rings is 3. The Morgan fingerprint density at radius 3 is 1.73 bits per heavy atom. The van der Waals surface area contributed by atoms with Crippen molar-refractivity contribution >= 4 is 18.0 Å². The van der Waals surface area contributed by atoms with Crippen molar-refractivity contribution in [2.45, 2.75) is 26.7 Å². The molecule has 3 aromatic carbocycles. The van der Waals surface area contributed by atoms with Gasteiger partial charge in [-0.3, -0.25) is 0 Å². The summed E-state index contributed by atoms with van der Waals surface area (Å²) in [5, 5.41) is 0. The molecule has 0 saturated carbocycles. The first-order valence-corrected chi connectivity index (χ1v) is 9.92. The SMILES string of the molecule is C=Cc1cc(C(=O)Oc2ccc(CC)cc2)ccc1C(=O)Oc1ccc(CC)cc1. The zero-order chi connectivity index (χ0) is 21.5. The summed E-state index contributed by atoms with van der Waals surface area (Å²) in [6.07, 6.45) is 3.34. The Bertz CT molecular complexity index is 1050. The van der Waals surface area contributed by atoms with Gasteiger partial charge in [-0.1, -0.05) is 50.8 Å². The van der Waals surface area contributed by atoms with Crippen LogP contribution in [0.4, 0.5) is 0 Å². The molecule has 0 saturated heterocycles. The minimum absolute atomic E-state index is 0.327. The van der Waals surface area contributed by atoms with Gasteiger partial charge in [0, 0.05) is 0 Å². The molecule has 0 spiro atoms. The summed E-state index contributed by atoms with van der Waals surface area (Å²) in [6, 6.07) is 19.4. The van der Waals surface area contributed by atoms with E-state index in [0.29, 0.717) is 28.2 Å². The molecule has 0 radical (unpaired) electrons. The minimum Gasteiger partial charge on any atom is -0.423 e. The van der Waals surface area contributed by atoms with E-state index in [1.807, 2.05) is 24.3 Å². The molecule has 0 fully saturated rings. The summed E-state index contributed by atoms with van der Waals surface area (Å²) >= 11 is 0. The number of carbonyl (C=O) groups is 2. The van der Waals surface area contributed by atoms with Crippen molar-refractivity contribution in [3.05, 3.63) is 101 Å². The summed E-state index contributed by atoms with van der Waals surface area (Å²) in [6.45, 7) is 7.87. The van der Waals surface area contributed by atoms with Crippen LogP contribution in [0.15, 0.2) is 73.3 Å². The first-order chi connectivity index (χ1) is 14.5. The minimum atomic E-state index is -0.510. The number of hydrogen-bond acceptors (Lipinski definition) is 4. The Hall–Kier alpha value is -3.66. The second-order valence-corrected chi connectivity index (χ2v) is 6.78. The van der Waals surface area contributed by atoms with Crippen LogP contribution in [0.3, 0.4) is 0 Å². The zero-order valence-electron chi connectivity index (χ0n) is 17.2. The second-order valence-electron chi connectivity index (χ2n) is 6.78. The van der Waals surface area contributed by atoms with Gasteiger partial charge >= 0.3 is 11.9 Å². The quantitative estimate of drug-likeness (QED) is 0.366. The van der Waals surface area contributed by atoms with Crippen LogP contribution in [0.25, 0.3) is 6.08 Å². The number of esters is 2. The van der Waals surface area contributed by atoms with E-state index in [-0.39, 0.29) is 0 Å². The van der Waals surface area contributed by atoms with Crippen molar-refractivity contribution in [1.82, 2.24) is 0 Å². The lowest BCUT2D eigenvalue weighted by atomic mass is 10.0. The van der Waals surface area contributed by atoms with Crippen molar-refractivity contribution in [3.63, 3.8) is 0 Å². The van der Waals surface area contributed by atoms with Gasteiger partial charge in [0.15, 0.2) is 0 Å². The highest BCUT2D eigenvalue weighted by atomic mass is 16.5. The summed E-state index contributed by atoms with van der Waals surface area (Å²) in [4.78, 5) is 25.1. The Balaban J connectivity index is 1.74. The zero-order valence-corrected chi connectivity index (χ0v) is 17.2. The van der Waals surface area contributed by atoms with E-state index in [2.05, 4.69) is 20.4 Å². The van der Waals surface area contributed by atoms with Gasteiger partial charge in [-0.15, -0.1) is 0 Å². The molecule has 3 aromatic rings. The monoisotopic (exact) mass is 400 g/mol. The van der Waals surface area contributed by atoms with Crippen molar-refractivity contribution in [2.75, 3.05) is 0 Å². The summed E-state index contributed by atoms with van der Waals surface area (Å²) < 4.78 is 10.9. The van der Waals surface area contributed by atoms with Crippen molar-refractivity contribution < 1.29 is 19.1 Å². The van der Waals surface area contributed by atoms with Crippen LogP contribution >= 0.6 is 0 Å². The Kier molecular flexibility index (Phi) is 6.81. The normalized spacial score (nSPS) is 10.3. The van der Waals surface area contributed by atoms with Gasteiger partial charge in [0.2, 0.25) is 0 Å². The van der Waals surface area contributed by atoms with Crippen LogP contribution in [-0.4, -0.2) is 11.9 Å². The van der Waals surface area contributed by atoms with Crippen molar-refractivity contribution in [2.24, 2.45) is 0 Å². The van der Waals surface area contributed by atoms with Crippen LogP contribution in [-0.2, 0) is 12.8 Å². The molecular formula is C26H24O4. The number of rotatable bonds is 7. The number of aryl methyl sites for hydroxylation is 2. The smallest absolute Gasteiger partial charge is 0.344 e. The molecule has 4 nitrogen and oxygen atoms in total. The molecule has 0 amide bonds. The van der Waals surface area contributed by atoms with Gasteiger partial charge < -0.3 is 9.47 Å². The lowest BCUT2D eigenvalue weighted by molar-refractivity contribution is 0.0720. The largest absolute Gasteiger partial charge is 0.423 e. The van der Waals surface area contributed by atoms with Gasteiger partial charge in [-0.05, 0) is 72.0 Å². The molecule has 0 bridgehead atoms. The third-order valence-electron chi connectivity index (χ3n) is 4.81. The lowest BCUT2D eigenvalue weighted by Gasteiger charge is -2.10. The van der Waals surface area contributed by atoms with E-state index in [4.69, 9.17) is 9.47 Å². The summed E-state index contributed by atoms with van der Waals surface area (Å²) in [7, 11) is 0. The van der Waals surface area contributed by atoms with E-state index >= 15 is 0 Å². The highest BCUT2D eigenvalue weighted by Gasteiger charge is 2.16. The third kappa shape index (κ3) is 5.03. The molecule has 0 aliphatic rings. The molecule has 0 aliphatic carbocycles. The third-order valence-corrected chi connectivity index (χ3v) is 4.81. The number of ether oxygens (including phenoxy) is 2. The van der Waals surface area contributed by atoms with E-state index in [1.54, 1.807) is 42.5 Å². The second kappa shape index (κ2) is 9.70. The average Bonchev–Trinajstić information content (AvgIpc) is 2.79. The maximum atomic E-state index is 12.6. The van der Waals surface area contributed by atoms with Crippen LogP contribution in [0, 0.1) is 0 Å². The van der Waals surface area contributed by atoms with Gasteiger partial charge in [-0.25, -0.2) is 9.59 Å². The molecule has 0 N–H and O–H groups in total. The summed E-state index contributed by atoms with van der Waals surface area (Å²) in [5.74, 6) is -0.0794. The highest BCUT2D eigenvalue weighted by molar-refractivity contribution is 5.98. The number of hydrogen-bond donors (Lipinski definition) is 0. The fourth-order valence-electron chi connectivity index (χ4n) is 2.96. The Labute approximate surface area is 176 Å². The standard InChI is InChI=1S/C26H24O4/c1-4-18-7-12-22(13-8-18)29-25(27)21-11-16-24(20(6-3)17-21)26(28)30-23-14-9-19(5-2)10-15-23/h6-17H,3-5H2,1-2H3. The van der Waals surface area contributed by atoms with E-state index < -0.39 is 11.9 Å². The average molecular weight is 400 g/mol. The Morgan fingerprint density at radius 1 is 0.767 bits per heavy atom. The van der Waals surface area contributed by atoms with Crippen LogP contribution in [0.2, 0.25) is 0 Å². The summed E-state index contributed by atoms with van der Waals surface area (Å²) in [5.41, 5.74) is 3.48. The molecule has 3 rings (SSSR count). The van der Waals surface area contributed by atoms with Crippen LogP contribution in [0.1, 0.15) is 51.3 Å². The van der Waals surface area contributed by atoms with Crippen molar-refractivity contribution in [3.8, 4) is 11.5 Å². The lowest BCUT2D eigenvalue weighted by Crippen LogP contribution is -2.13. The molecule has 0 heterocycles. The molecular weight excluding hydrogens is 376 g/mol. The molecule has 30 heavy (non-hydrogen) atoms. The first kappa shape index (κ1) is 21.1. The number of carbonyl (C=O) groups excluding carboxylic acids is 2. The molecule has 0 atom stereocenters. The van der Waals surface area contributed by atoms with E-state index in [1.165, 1.54) is 6.08 Å². The molecule has 4 heteroatoms. The molecule has 0 unspecified atom stereocenters. The van der Waals surface area contributed by atoms with E-state index in [9.17, 15) is 9.59 Å². The maximum absolute atomic E-state index is 12.6. The predicted octanol–water partition coefficient (Wildman–Crippen LogP) is 5.89. The van der Waals surface area contributed by atoms with Gasteiger partial charge in [0.05, 0.1) is 11.1 Å². The fraction of sp³-hybridized carbons (Fsp3) is 0.154. The van der Waals surface area contributed by atoms with Crippen LogP contribution < -0.4 is 9.47 Å². The molecule has 0 aromatic heterocycles. The first-order valence-electron chi connectivity index (χ1n) is 9.92. The Morgan fingerprint density at radius 2 is 1.27 bits per heavy atom. The van der Waals surface area contributed by atoms with E-state index in [0.717, 1.165) is 24.0 Å². The van der Waals surface area contributed by atoms with Gasteiger partial charge in [0.1, 0.15) is 11.5 Å². The van der Waals surface area contributed by atoms with Crippen LogP contribution in [0.5, 0.6) is 11.5 Å². The predicted molar refractivity (Wildman–Crippen MR) is 118 cm³/mol.